The van der Waals surface area contributed by atoms with Crippen LogP contribution in [0.15, 0.2) is 24.3 Å². The fourth-order valence-corrected chi connectivity index (χ4v) is 1.55. The zero-order valence-electron chi connectivity index (χ0n) is 7.86. The molecule has 0 fully saturated rings. The molecule has 1 nitrogen and oxygen atoms in total. The van der Waals surface area contributed by atoms with Gasteiger partial charge in [0.15, 0.2) is 0 Å². The topological polar surface area (TPSA) is 9.23 Å². The van der Waals surface area contributed by atoms with Crippen molar-refractivity contribution in [3.8, 4) is 5.75 Å². The lowest BCUT2D eigenvalue weighted by Crippen LogP contribution is -1.91. The van der Waals surface area contributed by atoms with Crippen LogP contribution in [0.2, 0.25) is 0 Å². The van der Waals surface area contributed by atoms with Gasteiger partial charge < -0.3 is 4.74 Å². The second-order valence-corrected chi connectivity index (χ2v) is 3.56. The molecule has 0 aliphatic rings. The molecule has 13 heavy (non-hydrogen) atoms. The Kier molecular flexibility index (Phi) is 4.16. The summed E-state index contributed by atoms with van der Waals surface area (Å²) >= 11 is 4.49. The molecule has 1 atom stereocenters. The van der Waals surface area contributed by atoms with Gasteiger partial charge in [-0.05, 0) is 24.1 Å². The van der Waals surface area contributed by atoms with E-state index in [4.69, 9.17) is 4.74 Å². The first-order chi connectivity index (χ1) is 6.27. The molecule has 0 saturated heterocycles. The summed E-state index contributed by atoms with van der Waals surface area (Å²) in [4.78, 5) is 0. The number of benzene rings is 1. The molecule has 0 amide bonds. The summed E-state index contributed by atoms with van der Waals surface area (Å²) in [6.07, 6.45) is 1.90. The number of hydrogen-bond donors (Lipinski definition) is 1. The maximum Gasteiger partial charge on any atom is 0.119 e. The second kappa shape index (κ2) is 5.18. The number of ether oxygens (including phenoxy) is 1. The molecule has 0 heterocycles. The van der Waals surface area contributed by atoms with Gasteiger partial charge in [0, 0.05) is 5.25 Å². The van der Waals surface area contributed by atoms with Gasteiger partial charge in [-0.15, -0.1) is 0 Å². The largest absolute Gasteiger partial charge is 0.497 e. The van der Waals surface area contributed by atoms with Gasteiger partial charge in [0.25, 0.3) is 0 Å². The van der Waals surface area contributed by atoms with E-state index in [2.05, 4.69) is 25.6 Å². The minimum absolute atomic E-state index is 0.271. The van der Waals surface area contributed by atoms with Crippen LogP contribution < -0.4 is 4.74 Å². The van der Waals surface area contributed by atoms with Gasteiger partial charge in [0.1, 0.15) is 5.75 Å². The minimum Gasteiger partial charge on any atom is -0.497 e. The third-order valence-electron chi connectivity index (χ3n) is 1.96. The SMILES string of the molecule is [CH2]CCC(S)c1cccc(OC)c1. The Morgan fingerprint density at radius 2 is 2.31 bits per heavy atom. The quantitative estimate of drug-likeness (QED) is 0.725. The lowest BCUT2D eigenvalue weighted by molar-refractivity contribution is 0.414. The highest BCUT2D eigenvalue weighted by Gasteiger charge is 2.05. The highest BCUT2D eigenvalue weighted by atomic mass is 32.1. The van der Waals surface area contributed by atoms with Crippen molar-refractivity contribution in [3.05, 3.63) is 36.8 Å². The van der Waals surface area contributed by atoms with Crippen molar-refractivity contribution in [1.29, 1.82) is 0 Å². The Morgan fingerprint density at radius 1 is 1.54 bits per heavy atom. The van der Waals surface area contributed by atoms with E-state index >= 15 is 0 Å². The van der Waals surface area contributed by atoms with Crippen molar-refractivity contribution in [2.24, 2.45) is 0 Å². The van der Waals surface area contributed by atoms with Crippen LogP contribution in [0.4, 0.5) is 0 Å². The Hall–Kier alpha value is -0.630. The van der Waals surface area contributed by atoms with Crippen molar-refractivity contribution >= 4 is 12.6 Å². The summed E-state index contributed by atoms with van der Waals surface area (Å²) in [6.45, 7) is 3.81. The highest BCUT2D eigenvalue weighted by Crippen LogP contribution is 2.27. The van der Waals surface area contributed by atoms with Crippen LogP contribution in [-0.2, 0) is 0 Å². The van der Waals surface area contributed by atoms with Crippen LogP contribution in [0.1, 0.15) is 23.7 Å². The fraction of sp³-hybridized carbons (Fsp3) is 0.364. The van der Waals surface area contributed by atoms with Gasteiger partial charge in [-0.2, -0.15) is 12.6 Å². The molecule has 1 radical (unpaired) electrons. The average molecular weight is 195 g/mol. The number of rotatable bonds is 4. The summed E-state index contributed by atoms with van der Waals surface area (Å²) in [7, 11) is 1.67. The molecular formula is C11H15OS. The first-order valence-electron chi connectivity index (χ1n) is 4.39. The van der Waals surface area contributed by atoms with E-state index in [1.54, 1.807) is 7.11 Å². The van der Waals surface area contributed by atoms with E-state index in [0.29, 0.717) is 0 Å². The first kappa shape index (κ1) is 10.5. The van der Waals surface area contributed by atoms with Crippen LogP contribution in [0.5, 0.6) is 5.75 Å². The van der Waals surface area contributed by atoms with Gasteiger partial charge >= 0.3 is 0 Å². The molecule has 1 unspecified atom stereocenters. The van der Waals surface area contributed by atoms with E-state index in [-0.39, 0.29) is 5.25 Å². The number of methoxy groups -OCH3 is 1. The molecular weight excluding hydrogens is 180 g/mol. The van der Waals surface area contributed by atoms with E-state index in [1.807, 2.05) is 18.2 Å². The van der Waals surface area contributed by atoms with Crippen molar-refractivity contribution in [2.45, 2.75) is 18.1 Å². The van der Waals surface area contributed by atoms with E-state index in [1.165, 1.54) is 5.56 Å². The minimum atomic E-state index is 0.271. The van der Waals surface area contributed by atoms with Gasteiger partial charge in [0.05, 0.1) is 7.11 Å². The standard InChI is InChI=1S/C11H15OS/c1-3-5-11(13)9-6-4-7-10(8-9)12-2/h4,6-8,11,13H,1,3,5H2,2H3. The van der Waals surface area contributed by atoms with Gasteiger partial charge in [0.2, 0.25) is 0 Å². The summed E-state index contributed by atoms with van der Waals surface area (Å²) in [6, 6.07) is 8.01. The third kappa shape index (κ3) is 2.96. The molecule has 1 rings (SSSR count). The van der Waals surface area contributed by atoms with Crippen molar-refractivity contribution in [1.82, 2.24) is 0 Å². The number of hydrogen-bond acceptors (Lipinski definition) is 2. The van der Waals surface area contributed by atoms with Gasteiger partial charge in [-0.25, -0.2) is 0 Å². The predicted molar refractivity (Wildman–Crippen MR) is 59.3 cm³/mol. The molecule has 71 valence electrons. The van der Waals surface area contributed by atoms with Crippen molar-refractivity contribution < 1.29 is 4.74 Å². The van der Waals surface area contributed by atoms with E-state index in [9.17, 15) is 0 Å². The third-order valence-corrected chi connectivity index (χ3v) is 2.51. The van der Waals surface area contributed by atoms with E-state index < -0.39 is 0 Å². The zero-order valence-corrected chi connectivity index (χ0v) is 8.76. The molecule has 0 spiro atoms. The molecule has 0 aliphatic carbocycles. The molecule has 0 aliphatic heterocycles. The van der Waals surface area contributed by atoms with Crippen LogP contribution >= 0.6 is 12.6 Å². The average Bonchev–Trinajstić information content (AvgIpc) is 2.18. The van der Waals surface area contributed by atoms with Crippen molar-refractivity contribution in [3.63, 3.8) is 0 Å². The molecule has 1 aromatic rings. The predicted octanol–water partition coefficient (Wildman–Crippen LogP) is 3.28. The van der Waals surface area contributed by atoms with Gasteiger partial charge in [-0.1, -0.05) is 25.5 Å². The molecule has 0 bridgehead atoms. The Balaban J connectivity index is 2.75. The summed E-state index contributed by atoms with van der Waals surface area (Å²) < 4.78 is 5.13. The molecule has 0 aromatic heterocycles. The molecule has 0 saturated carbocycles. The van der Waals surface area contributed by atoms with Crippen LogP contribution in [0.25, 0.3) is 0 Å². The molecule has 2 heteroatoms. The fourth-order valence-electron chi connectivity index (χ4n) is 1.21. The zero-order chi connectivity index (χ0) is 9.68. The first-order valence-corrected chi connectivity index (χ1v) is 4.91. The Labute approximate surface area is 85.5 Å². The summed E-state index contributed by atoms with van der Waals surface area (Å²) in [5.41, 5.74) is 1.20. The monoisotopic (exact) mass is 195 g/mol. The normalized spacial score (nSPS) is 12.5. The second-order valence-electron chi connectivity index (χ2n) is 2.93. The van der Waals surface area contributed by atoms with E-state index in [0.717, 1.165) is 18.6 Å². The Bertz CT molecular complexity index is 260. The molecule has 0 N–H and O–H groups in total. The Morgan fingerprint density at radius 3 is 2.92 bits per heavy atom. The molecule has 1 aromatic carbocycles. The smallest absolute Gasteiger partial charge is 0.119 e. The van der Waals surface area contributed by atoms with Crippen LogP contribution in [0.3, 0.4) is 0 Å². The number of thiol groups is 1. The lowest BCUT2D eigenvalue weighted by Gasteiger charge is -2.10. The maximum absolute atomic E-state index is 5.13. The van der Waals surface area contributed by atoms with Crippen LogP contribution in [0, 0.1) is 6.92 Å². The maximum atomic E-state index is 5.13. The summed E-state index contributed by atoms with van der Waals surface area (Å²) in [5, 5.41) is 0.271. The summed E-state index contributed by atoms with van der Waals surface area (Å²) in [5.74, 6) is 0.889. The van der Waals surface area contributed by atoms with Gasteiger partial charge in [-0.3, -0.25) is 0 Å². The van der Waals surface area contributed by atoms with Crippen molar-refractivity contribution in [2.75, 3.05) is 7.11 Å². The highest BCUT2D eigenvalue weighted by molar-refractivity contribution is 7.80. The van der Waals surface area contributed by atoms with Crippen LogP contribution in [-0.4, -0.2) is 7.11 Å². The lowest BCUT2D eigenvalue weighted by atomic mass is 10.1.